The topological polar surface area (TPSA) is 127 Å². The summed E-state index contributed by atoms with van der Waals surface area (Å²) in [6.07, 6.45) is 10.2. The number of fused-ring (bicyclic) bond motifs is 2. The normalized spacial score (nSPS) is 11.7. The molecule has 0 spiro atoms. The van der Waals surface area contributed by atoms with Crippen molar-refractivity contribution in [2.45, 2.75) is 87.8 Å². The van der Waals surface area contributed by atoms with E-state index in [4.69, 9.17) is 9.47 Å². The molecular weight excluding hydrogens is 646 g/mol. The van der Waals surface area contributed by atoms with Gasteiger partial charge in [0, 0.05) is 11.1 Å². The first-order valence-corrected chi connectivity index (χ1v) is 18.1. The van der Waals surface area contributed by atoms with Crippen LogP contribution in [0.1, 0.15) is 78.2 Å². The van der Waals surface area contributed by atoms with E-state index in [1.54, 1.807) is 0 Å². The SMILES string of the molecule is Cc1c(OCCCCCCCCCCCCOc2c(S(=O)(=O)O)cc3ccccc3c2C)c(S(=O)(=O)O)cc2ccccc12.[H-].[H-].[Na+].[Na+]. The van der Waals surface area contributed by atoms with Crippen molar-refractivity contribution in [3.63, 3.8) is 0 Å². The predicted octanol–water partition coefficient (Wildman–Crippen LogP) is 2.70. The van der Waals surface area contributed by atoms with Gasteiger partial charge in [-0.15, -0.1) is 0 Å². The monoisotopic (exact) mass is 690 g/mol. The molecule has 2 N–H and O–H groups in total. The summed E-state index contributed by atoms with van der Waals surface area (Å²) in [4.78, 5) is -0.376. The van der Waals surface area contributed by atoms with Gasteiger partial charge >= 0.3 is 59.1 Å². The van der Waals surface area contributed by atoms with Crippen molar-refractivity contribution in [3.05, 3.63) is 71.8 Å². The first kappa shape index (κ1) is 41.0. The second-order valence-corrected chi connectivity index (χ2v) is 14.1. The van der Waals surface area contributed by atoms with Gasteiger partial charge in [0.1, 0.15) is 21.3 Å². The van der Waals surface area contributed by atoms with Gasteiger partial charge in [-0.1, -0.05) is 99.9 Å². The van der Waals surface area contributed by atoms with Gasteiger partial charge < -0.3 is 12.3 Å². The van der Waals surface area contributed by atoms with Crippen LogP contribution in [0, 0.1) is 13.8 Å². The third kappa shape index (κ3) is 11.2. The molecule has 0 fully saturated rings. The molecule has 0 saturated heterocycles. The number of rotatable bonds is 17. The van der Waals surface area contributed by atoms with Gasteiger partial charge in [0.15, 0.2) is 0 Å². The summed E-state index contributed by atoms with van der Waals surface area (Å²) in [6.45, 7) is 4.39. The summed E-state index contributed by atoms with van der Waals surface area (Å²) in [6, 6.07) is 17.8. The Morgan fingerprint density at radius 2 is 0.848 bits per heavy atom. The molecule has 0 aliphatic heterocycles. The van der Waals surface area contributed by atoms with E-state index < -0.39 is 20.2 Å². The van der Waals surface area contributed by atoms with Crippen LogP contribution in [0.3, 0.4) is 0 Å². The zero-order valence-corrected chi connectivity index (χ0v) is 33.1. The summed E-state index contributed by atoms with van der Waals surface area (Å²) in [7, 11) is -8.81. The van der Waals surface area contributed by atoms with Crippen LogP contribution < -0.4 is 68.6 Å². The number of benzene rings is 4. The molecule has 0 aliphatic carbocycles. The molecule has 46 heavy (non-hydrogen) atoms. The van der Waals surface area contributed by atoms with Crippen LogP contribution in [0.15, 0.2) is 70.5 Å². The van der Waals surface area contributed by atoms with Crippen LogP contribution in [0.25, 0.3) is 21.5 Å². The van der Waals surface area contributed by atoms with E-state index >= 15 is 0 Å². The number of hydrogen-bond donors (Lipinski definition) is 2. The molecule has 8 nitrogen and oxygen atoms in total. The molecule has 0 aromatic heterocycles. The number of aryl methyl sites for hydroxylation is 2. The molecule has 4 aromatic rings. The van der Waals surface area contributed by atoms with Crippen molar-refractivity contribution in [3.8, 4) is 11.5 Å². The van der Waals surface area contributed by atoms with Crippen LogP contribution >= 0.6 is 0 Å². The molecule has 0 saturated carbocycles. The fourth-order valence-electron chi connectivity index (χ4n) is 5.67. The van der Waals surface area contributed by atoms with Gasteiger partial charge in [-0.3, -0.25) is 9.11 Å². The Labute approximate surface area is 320 Å². The Hall–Kier alpha value is -1.18. The van der Waals surface area contributed by atoms with E-state index in [-0.39, 0.29) is 83.3 Å². The number of ether oxygens (including phenoxy) is 2. The van der Waals surface area contributed by atoms with E-state index in [0.29, 0.717) is 24.3 Å². The first-order valence-electron chi connectivity index (χ1n) is 15.2. The Bertz CT molecular complexity index is 1690. The van der Waals surface area contributed by atoms with E-state index in [0.717, 1.165) is 85.8 Å². The third-order valence-corrected chi connectivity index (χ3v) is 9.74. The van der Waals surface area contributed by atoms with Crippen LogP contribution in [-0.4, -0.2) is 39.2 Å². The van der Waals surface area contributed by atoms with Crippen molar-refractivity contribution in [1.29, 1.82) is 0 Å². The van der Waals surface area contributed by atoms with Gasteiger partial charge in [-0.2, -0.15) is 16.8 Å². The molecular formula is C34H44Na2O8S2. The van der Waals surface area contributed by atoms with Crippen LogP contribution in [0.2, 0.25) is 0 Å². The summed E-state index contributed by atoms with van der Waals surface area (Å²) in [5.74, 6) is 0.450. The Kier molecular flexibility index (Phi) is 17.0. The maximum atomic E-state index is 12.0. The molecule has 0 amide bonds. The summed E-state index contributed by atoms with van der Waals surface area (Å²) in [5.41, 5.74) is 1.41. The first-order chi connectivity index (χ1) is 21.0. The molecule has 4 aromatic carbocycles. The van der Waals surface area contributed by atoms with Gasteiger partial charge in [-0.05, 0) is 60.4 Å². The van der Waals surface area contributed by atoms with Gasteiger partial charge in [0.2, 0.25) is 0 Å². The number of hydrogen-bond acceptors (Lipinski definition) is 6. The largest absolute Gasteiger partial charge is 1.00 e. The Morgan fingerprint density at radius 3 is 1.17 bits per heavy atom. The zero-order valence-electron chi connectivity index (χ0n) is 29.4. The maximum Gasteiger partial charge on any atom is 1.00 e. The fourth-order valence-corrected chi connectivity index (χ4v) is 7.11. The summed E-state index contributed by atoms with van der Waals surface area (Å²) >= 11 is 0. The quantitative estimate of drug-likeness (QED) is 0.0985. The maximum absolute atomic E-state index is 12.0. The Balaban J connectivity index is 0.00000552. The van der Waals surface area contributed by atoms with Crippen LogP contribution in [0.5, 0.6) is 11.5 Å². The van der Waals surface area contributed by atoms with Crippen molar-refractivity contribution >= 4 is 41.8 Å². The van der Waals surface area contributed by atoms with E-state index in [2.05, 4.69) is 0 Å². The summed E-state index contributed by atoms with van der Waals surface area (Å²) in [5, 5.41) is 3.27. The van der Waals surface area contributed by atoms with Gasteiger partial charge in [0.05, 0.1) is 13.2 Å². The fraction of sp³-hybridized carbons (Fsp3) is 0.412. The molecule has 0 unspecified atom stereocenters. The Morgan fingerprint density at radius 1 is 0.543 bits per heavy atom. The third-order valence-electron chi connectivity index (χ3n) is 8.02. The predicted molar refractivity (Wildman–Crippen MR) is 176 cm³/mol. The number of unbranched alkanes of at least 4 members (excludes halogenated alkanes) is 9. The smallest absolute Gasteiger partial charge is 1.00 e. The van der Waals surface area contributed by atoms with Crippen molar-refractivity contribution in [2.24, 2.45) is 0 Å². The molecule has 0 atom stereocenters. The molecule has 0 aliphatic rings. The van der Waals surface area contributed by atoms with Crippen molar-refractivity contribution < 1.29 is 97.4 Å². The standard InChI is InChI=1S/C34H42O8S2.2Na.2H/c1-25-29-19-13-11-17-27(29)23-31(43(35,36)37)33(25)41-21-15-9-7-5-3-4-6-8-10-16-22-42-34-26(2)30-20-14-12-18-28(30)24-32(34)44(38,39)40;;;;/h11-14,17-20,23-24H,3-10,15-16,21-22H2,1-2H3,(H,35,36,37)(H,38,39,40);;;;/q;2*+1;2*-1. The van der Waals surface area contributed by atoms with Gasteiger partial charge in [-0.25, -0.2) is 0 Å². The average molecular weight is 691 g/mol. The van der Waals surface area contributed by atoms with Crippen LogP contribution in [-0.2, 0) is 20.2 Å². The average Bonchev–Trinajstić information content (AvgIpc) is 2.98. The second kappa shape index (κ2) is 19.1. The molecule has 12 heteroatoms. The molecule has 4 rings (SSSR count). The second-order valence-electron chi connectivity index (χ2n) is 11.3. The van der Waals surface area contributed by atoms with Crippen molar-refractivity contribution in [1.82, 2.24) is 0 Å². The zero-order chi connectivity index (χ0) is 31.7. The van der Waals surface area contributed by atoms with Gasteiger partial charge in [0.25, 0.3) is 20.2 Å². The van der Waals surface area contributed by atoms with E-state index in [9.17, 15) is 25.9 Å². The minimum Gasteiger partial charge on any atom is -1.00 e. The molecule has 0 bridgehead atoms. The van der Waals surface area contributed by atoms with E-state index in [1.807, 2.05) is 62.4 Å². The van der Waals surface area contributed by atoms with Crippen LogP contribution in [0.4, 0.5) is 0 Å². The van der Waals surface area contributed by atoms with Crippen molar-refractivity contribution in [2.75, 3.05) is 13.2 Å². The van der Waals surface area contributed by atoms with E-state index in [1.165, 1.54) is 12.1 Å². The molecule has 0 radical (unpaired) electrons. The minimum absolute atomic E-state index is 0. The molecule has 242 valence electrons. The summed E-state index contributed by atoms with van der Waals surface area (Å²) < 4.78 is 79.2. The minimum atomic E-state index is -4.41. The molecule has 0 heterocycles.